The lowest BCUT2D eigenvalue weighted by Crippen LogP contribution is -2.19. The molecule has 4 heteroatoms. The standard InChI is InChI=1S/C17H23BrN2O/c1-13(2)9-19-10-14-4-5-17(16(18)8-14)20(3)11-15-6-7-21-12-15/h4-8,12-13,19H,9-11H2,1-3H3. The Morgan fingerprint density at radius 3 is 2.67 bits per heavy atom. The van der Waals surface area contributed by atoms with E-state index in [4.69, 9.17) is 4.42 Å². The van der Waals surface area contributed by atoms with Crippen molar-refractivity contribution in [2.75, 3.05) is 18.5 Å². The van der Waals surface area contributed by atoms with Crippen LogP contribution in [0.1, 0.15) is 25.0 Å². The van der Waals surface area contributed by atoms with Crippen molar-refractivity contribution in [1.82, 2.24) is 5.32 Å². The van der Waals surface area contributed by atoms with E-state index < -0.39 is 0 Å². The van der Waals surface area contributed by atoms with E-state index in [0.29, 0.717) is 5.92 Å². The van der Waals surface area contributed by atoms with Gasteiger partial charge in [0, 0.05) is 30.2 Å². The number of hydrogen-bond donors (Lipinski definition) is 1. The van der Waals surface area contributed by atoms with E-state index >= 15 is 0 Å². The highest BCUT2D eigenvalue weighted by molar-refractivity contribution is 9.10. The van der Waals surface area contributed by atoms with Crippen molar-refractivity contribution < 1.29 is 4.42 Å². The molecule has 0 aliphatic heterocycles. The number of furan rings is 1. The molecular formula is C17H23BrN2O. The fourth-order valence-corrected chi connectivity index (χ4v) is 2.95. The summed E-state index contributed by atoms with van der Waals surface area (Å²) < 4.78 is 6.24. The van der Waals surface area contributed by atoms with Crippen LogP contribution in [0.5, 0.6) is 0 Å². The third kappa shape index (κ3) is 4.90. The first-order valence-electron chi connectivity index (χ1n) is 7.27. The smallest absolute Gasteiger partial charge is 0.0952 e. The molecule has 21 heavy (non-hydrogen) atoms. The Morgan fingerprint density at radius 2 is 2.05 bits per heavy atom. The molecule has 3 nitrogen and oxygen atoms in total. The van der Waals surface area contributed by atoms with Gasteiger partial charge in [-0.3, -0.25) is 0 Å². The van der Waals surface area contributed by atoms with Gasteiger partial charge in [0.05, 0.1) is 18.2 Å². The van der Waals surface area contributed by atoms with Gasteiger partial charge in [0.15, 0.2) is 0 Å². The maximum absolute atomic E-state index is 5.12. The van der Waals surface area contributed by atoms with E-state index in [1.165, 1.54) is 16.8 Å². The lowest BCUT2D eigenvalue weighted by atomic mass is 10.1. The molecule has 0 fully saturated rings. The van der Waals surface area contributed by atoms with Crippen molar-refractivity contribution in [3.63, 3.8) is 0 Å². The molecule has 0 aliphatic rings. The Hall–Kier alpha value is -1.26. The summed E-state index contributed by atoms with van der Waals surface area (Å²) in [4.78, 5) is 2.21. The van der Waals surface area contributed by atoms with Crippen molar-refractivity contribution in [3.8, 4) is 0 Å². The van der Waals surface area contributed by atoms with Crippen molar-refractivity contribution in [2.45, 2.75) is 26.9 Å². The highest BCUT2D eigenvalue weighted by Crippen LogP contribution is 2.27. The van der Waals surface area contributed by atoms with E-state index in [-0.39, 0.29) is 0 Å². The molecule has 1 N–H and O–H groups in total. The lowest BCUT2D eigenvalue weighted by Gasteiger charge is -2.20. The van der Waals surface area contributed by atoms with Crippen molar-refractivity contribution in [2.24, 2.45) is 5.92 Å². The number of rotatable bonds is 7. The Morgan fingerprint density at radius 1 is 1.24 bits per heavy atom. The maximum Gasteiger partial charge on any atom is 0.0952 e. The predicted molar refractivity (Wildman–Crippen MR) is 91.5 cm³/mol. The van der Waals surface area contributed by atoms with E-state index in [9.17, 15) is 0 Å². The lowest BCUT2D eigenvalue weighted by molar-refractivity contribution is 0.552. The van der Waals surface area contributed by atoms with Gasteiger partial charge in [-0.15, -0.1) is 0 Å². The topological polar surface area (TPSA) is 28.4 Å². The largest absolute Gasteiger partial charge is 0.472 e. The summed E-state index contributed by atoms with van der Waals surface area (Å²) in [6.45, 7) is 7.22. The minimum Gasteiger partial charge on any atom is -0.472 e. The van der Waals surface area contributed by atoms with Gasteiger partial charge in [0.2, 0.25) is 0 Å². The number of nitrogens with zero attached hydrogens (tertiary/aromatic N) is 1. The van der Waals surface area contributed by atoms with Crippen LogP contribution in [-0.4, -0.2) is 13.6 Å². The third-order valence-electron chi connectivity index (χ3n) is 3.30. The molecule has 114 valence electrons. The van der Waals surface area contributed by atoms with Gasteiger partial charge >= 0.3 is 0 Å². The Bertz CT molecular complexity index is 552. The molecular weight excluding hydrogens is 328 g/mol. The number of halogens is 1. The van der Waals surface area contributed by atoms with Gasteiger partial charge in [-0.2, -0.15) is 0 Å². The predicted octanol–water partition coefficient (Wildman–Crippen LogP) is 4.42. The van der Waals surface area contributed by atoms with Crippen LogP contribution in [0.15, 0.2) is 45.7 Å². The van der Waals surface area contributed by atoms with Crippen LogP contribution < -0.4 is 10.2 Å². The fraction of sp³-hybridized carbons (Fsp3) is 0.412. The summed E-state index contributed by atoms with van der Waals surface area (Å²) >= 11 is 3.68. The second kappa shape index (κ2) is 7.66. The first-order chi connectivity index (χ1) is 10.1. The number of nitrogens with one attached hydrogen (secondary N) is 1. The summed E-state index contributed by atoms with van der Waals surface area (Å²) in [5, 5.41) is 3.47. The van der Waals surface area contributed by atoms with E-state index in [1.54, 1.807) is 12.5 Å². The van der Waals surface area contributed by atoms with Gasteiger partial charge in [0.1, 0.15) is 0 Å². The van der Waals surface area contributed by atoms with Crippen LogP contribution in [-0.2, 0) is 13.1 Å². The second-order valence-corrected chi connectivity index (χ2v) is 6.65. The van der Waals surface area contributed by atoms with Crippen LogP contribution in [0.2, 0.25) is 0 Å². The summed E-state index contributed by atoms with van der Waals surface area (Å²) in [7, 11) is 2.09. The Kier molecular flexibility index (Phi) is 5.88. The quantitative estimate of drug-likeness (QED) is 0.800. The first kappa shape index (κ1) is 16.1. The van der Waals surface area contributed by atoms with Crippen LogP contribution in [0.3, 0.4) is 0 Å². The zero-order valence-electron chi connectivity index (χ0n) is 12.9. The van der Waals surface area contributed by atoms with Crippen molar-refractivity contribution in [3.05, 3.63) is 52.4 Å². The number of hydrogen-bond acceptors (Lipinski definition) is 3. The molecule has 0 spiro atoms. The second-order valence-electron chi connectivity index (χ2n) is 5.80. The normalized spacial score (nSPS) is 11.1. The average Bonchev–Trinajstić information content (AvgIpc) is 2.91. The minimum atomic E-state index is 0.675. The maximum atomic E-state index is 5.12. The van der Waals surface area contributed by atoms with Gasteiger partial charge in [-0.05, 0) is 52.2 Å². The minimum absolute atomic E-state index is 0.675. The molecule has 2 aromatic rings. The first-order valence-corrected chi connectivity index (χ1v) is 8.07. The molecule has 1 aromatic carbocycles. The molecule has 0 aliphatic carbocycles. The highest BCUT2D eigenvalue weighted by Gasteiger charge is 2.08. The Balaban J connectivity index is 1.98. The van der Waals surface area contributed by atoms with E-state index in [2.05, 4.69) is 65.2 Å². The van der Waals surface area contributed by atoms with Crippen molar-refractivity contribution >= 4 is 21.6 Å². The summed E-state index contributed by atoms with van der Waals surface area (Å²) in [6, 6.07) is 8.53. The van der Waals surface area contributed by atoms with Crippen LogP contribution in [0, 0.1) is 5.92 Å². The van der Waals surface area contributed by atoms with Crippen LogP contribution in [0.4, 0.5) is 5.69 Å². The van der Waals surface area contributed by atoms with Crippen LogP contribution >= 0.6 is 15.9 Å². The Labute approximate surface area is 135 Å². The van der Waals surface area contributed by atoms with Gasteiger partial charge in [-0.1, -0.05) is 19.9 Å². The summed E-state index contributed by atoms with van der Waals surface area (Å²) in [5.41, 5.74) is 3.65. The molecule has 0 saturated heterocycles. The van der Waals surface area contributed by atoms with Gasteiger partial charge in [-0.25, -0.2) is 0 Å². The summed E-state index contributed by atoms with van der Waals surface area (Å²) in [5.74, 6) is 0.675. The molecule has 0 bridgehead atoms. The molecule has 0 unspecified atom stereocenters. The molecule has 0 radical (unpaired) electrons. The van der Waals surface area contributed by atoms with Gasteiger partial charge < -0.3 is 14.6 Å². The number of benzene rings is 1. The highest BCUT2D eigenvalue weighted by atomic mass is 79.9. The molecule has 0 atom stereocenters. The molecule has 2 rings (SSSR count). The summed E-state index contributed by atoms with van der Waals surface area (Å²) in [6.07, 6.45) is 3.50. The monoisotopic (exact) mass is 350 g/mol. The fourth-order valence-electron chi connectivity index (χ4n) is 2.22. The van der Waals surface area contributed by atoms with Crippen LogP contribution in [0.25, 0.3) is 0 Å². The molecule has 1 aromatic heterocycles. The third-order valence-corrected chi connectivity index (χ3v) is 3.94. The zero-order valence-corrected chi connectivity index (χ0v) is 14.5. The zero-order chi connectivity index (χ0) is 15.2. The SMILES string of the molecule is CC(C)CNCc1ccc(N(C)Cc2ccoc2)c(Br)c1. The number of anilines is 1. The molecule has 1 heterocycles. The van der Waals surface area contributed by atoms with E-state index in [1.807, 2.05) is 6.07 Å². The molecule has 0 saturated carbocycles. The van der Waals surface area contributed by atoms with Crippen molar-refractivity contribution in [1.29, 1.82) is 0 Å². The average molecular weight is 351 g/mol. The molecule has 0 amide bonds. The van der Waals surface area contributed by atoms with E-state index in [0.717, 1.165) is 24.1 Å². The van der Waals surface area contributed by atoms with Gasteiger partial charge in [0.25, 0.3) is 0 Å².